The lowest BCUT2D eigenvalue weighted by Gasteiger charge is -2.06. The van der Waals surface area contributed by atoms with Crippen molar-refractivity contribution in [2.75, 3.05) is 5.43 Å². The van der Waals surface area contributed by atoms with Crippen molar-refractivity contribution in [3.8, 4) is 6.07 Å². The van der Waals surface area contributed by atoms with Crippen molar-refractivity contribution >= 4 is 16.6 Å². The zero-order chi connectivity index (χ0) is 10.8. The summed E-state index contributed by atoms with van der Waals surface area (Å²) in [5.74, 6) is 4.90. The Hall–Kier alpha value is -2.19. The predicted octanol–water partition coefficient (Wildman–Crippen LogP) is 1.53. The van der Waals surface area contributed by atoms with Crippen LogP contribution in [-0.2, 0) is 0 Å². The predicted molar refractivity (Wildman–Crippen MR) is 54.2 cm³/mol. The van der Waals surface area contributed by atoms with E-state index in [0.717, 1.165) is 0 Å². The molecule has 1 heterocycles. The largest absolute Gasteiger partial charge is 0.322 e. The van der Waals surface area contributed by atoms with E-state index in [0.29, 0.717) is 16.6 Å². The maximum atomic E-state index is 13.0. The van der Waals surface area contributed by atoms with Crippen LogP contribution in [0.2, 0.25) is 0 Å². The number of anilines is 1. The minimum atomic E-state index is -0.393. The van der Waals surface area contributed by atoms with Gasteiger partial charge in [-0.1, -0.05) is 0 Å². The van der Waals surface area contributed by atoms with Crippen LogP contribution in [0.3, 0.4) is 0 Å². The van der Waals surface area contributed by atoms with Crippen LogP contribution < -0.4 is 11.3 Å². The number of rotatable bonds is 1. The van der Waals surface area contributed by atoms with Gasteiger partial charge >= 0.3 is 0 Å². The second kappa shape index (κ2) is 3.52. The van der Waals surface area contributed by atoms with Crippen molar-refractivity contribution in [1.29, 1.82) is 5.26 Å². The van der Waals surface area contributed by atoms with Crippen LogP contribution in [0.15, 0.2) is 24.4 Å². The van der Waals surface area contributed by atoms with E-state index in [9.17, 15) is 4.39 Å². The highest BCUT2D eigenvalue weighted by atomic mass is 19.1. The number of nitrogens with two attached hydrogens (primary N) is 1. The van der Waals surface area contributed by atoms with Gasteiger partial charge in [-0.3, -0.25) is 10.8 Å². The lowest BCUT2D eigenvalue weighted by Crippen LogP contribution is -2.09. The van der Waals surface area contributed by atoms with Gasteiger partial charge in [-0.2, -0.15) is 5.26 Å². The van der Waals surface area contributed by atoms with Gasteiger partial charge in [-0.15, -0.1) is 0 Å². The quantitative estimate of drug-likeness (QED) is 0.543. The number of aromatic nitrogens is 1. The molecular weight excluding hydrogens is 195 g/mol. The third-order valence-corrected chi connectivity index (χ3v) is 2.09. The fourth-order valence-electron chi connectivity index (χ4n) is 1.41. The molecule has 1 aromatic heterocycles. The van der Waals surface area contributed by atoms with Gasteiger partial charge in [0.05, 0.1) is 16.8 Å². The van der Waals surface area contributed by atoms with Crippen molar-refractivity contribution in [2.45, 2.75) is 0 Å². The summed E-state index contributed by atoms with van der Waals surface area (Å²) in [6.45, 7) is 0. The van der Waals surface area contributed by atoms with Gasteiger partial charge in [-0.05, 0) is 18.2 Å². The molecule has 0 aliphatic rings. The Morgan fingerprint density at radius 2 is 2.27 bits per heavy atom. The molecule has 1 aromatic carbocycles. The summed E-state index contributed by atoms with van der Waals surface area (Å²) in [5.41, 5.74) is 3.65. The summed E-state index contributed by atoms with van der Waals surface area (Å²) in [5, 5.41) is 9.30. The average molecular weight is 202 g/mol. The summed E-state index contributed by atoms with van der Waals surface area (Å²) in [7, 11) is 0. The van der Waals surface area contributed by atoms with Gasteiger partial charge in [0.25, 0.3) is 0 Å². The topological polar surface area (TPSA) is 74.7 Å². The second-order valence-electron chi connectivity index (χ2n) is 2.96. The number of hydrazine groups is 1. The van der Waals surface area contributed by atoms with E-state index in [1.807, 2.05) is 6.07 Å². The molecule has 0 aliphatic carbocycles. The molecule has 0 saturated carbocycles. The molecule has 2 aromatic rings. The van der Waals surface area contributed by atoms with E-state index in [1.54, 1.807) is 0 Å². The lowest BCUT2D eigenvalue weighted by atomic mass is 10.1. The van der Waals surface area contributed by atoms with Crippen molar-refractivity contribution in [3.63, 3.8) is 0 Å². The minimum Gasteiger partial charge on any atom is -0.322 e. The zero-order valence-electron chi connectivity index (χ0n) is 7.66. The summed E-state index contributed by atoms with van der Waals surface area (Å²) < 4.78 is 13.0. The number of pyridine rings is 1. The summed E-state index contributed by atoms with van der Waals surface area (Å²) >= 11 is 0. The van der Waals surface area contributed by atoms with Gasteiger partial charge in [0.2, 0.25) is 0 Å². The monoisotopic (exact) mass is 202 g/mol. The van der Waals surface area contributed by atoms with Crippen LogP contribution in [0, 0.1) is 17.1 Å². The van der Waals surface area contributed by atoms with E-state index >= 15 is 0 Å². The number of nitrogens with zero attached hydrogens (tertiary/aromatic N) is 2. The number of nitrogens with one attached hydrogen (secondary N) is 1. The summed E-state index contributed by atoms with van der Waals surface area (Å²) in [6, 6.07) is 6.06. The first-order valence-electron chi connectivity index (χ1n) is 4.21. The average Bonchev–Trinajstić information content (AvgIpc) is 2.27. The van der Waals surface area contributed by atoms with Crippen LogP contribution >= 0.6 is 0 Å². The van der Waals surface area contributed by atoms with Crippen LogP contribution in [0.5, 0.6) is 0 Å². The van der Waals surface area contributed by atoms with Crippen LogP contribution in [0.1, 0.15) is 5.56 Å². The Morgan fingerprint density at radius 3 is 2.93 bits per heavy atom. The number of hydrogen-bond donors (Lipinski definition) is 2. The van der Waals surface area contributed by atoms with Crippen LogP contribution in [-0.4, -0.2) is 4.98 Å². The van der Waals surface area contributed by atoms with Crippen molar-refractivity contribution in [3.05, 3.63) is 35.8 Å². The highest BCUT2D eigenvalue weighted by Gasteiger charge is 2.07. The lowest BCUT2D eigenvalue weighted by molar-refractivity contribution is 0.629. The zero-order valence-corrected chi connectivity index (χ0v) is 7.66. The molecule has 2 rings (SSSR count). The highest BCUT2D eigenvalue weighted by Crippen LogP contribution is 2.25. The number of halogens is 1. The standard InChI is InChI=1S/C10H7FN4/c11-7-1-2-9-8(3-7)10(15-13)6(4-12)5-14-9/h1-3,5H,13H2,(H,14,15). The third kappa shape index (κ3) is 1.47. The molecule has 74 valence electrons. The highest BCUT2D eigenvalue weighted by molar-refractivity contribution is 5.93. The molecule has 4 nitrogen and oxygen atoms in total. The van der Waals surface area contributed by atoms with E-state index in [1.165, 1.54) is 24.4 Å². The minimum absolute atomic E-state index is 0.288. The summed E-state index contributed by atoms with van der Waals surface area (Å²) in [4.78, 5) is 4.02. The first-order valence-corrected chi connectivity index (χ1v) is 4.21. The normalized spacial score (nSPS) is 9.93. The van der Waals surface area contributed by atoms with Crippen molar-refractivity contribution in [2.24, 2.45) is 5.84 Å². The number of fused-ring (bicyclic) bond motifs is 1. The van der Waals surface area contributed by atoms with Crippen LogP contribution in [0.4, 0.5) is 10.1 Å². The Balaban J connectivity index is 2.86. The SMILES string of the molecule is N#Cc1cnc2ccc(F)cc2c1NN. The third-order valence-electron chi connectivity index (χ3n) is 2.09. The fourth-order valence-corrected chi connectivity index (χ4v) is 1.41. The molecule has 5 heteroatoms. The second-order valence-corrected chi connectivity index (χ2v) is 2.96. The van der Waals surface area contributed by atoms with Gasteiger partial charge in [-0.25, -0.2) is 4.39 Å². The van der Waals surface area contributed by atoms with E-state index in [-0.39, 0.29) is 5.56 Å². The van der Waals surface area contributed by atoms with Gasteiger partial charge in [0.1, 0.15) is 11.9 Å². The molecule has 0 unspecified atom stereocenters. The smallest absolute Gasteiger partial charge is 0.124 e. The molecule has 0 aliphatic heterocycles. The Labute approximate surface area is 85.1 Å². The molecule has 0 bridgehead atoms. The number of hydrogen-bond acceptors (Lipinski definition) is 4. The van der Waals surface area contributed by atoms with Crippen LogP contribution in [0.25, 0.3) is 10.9 Å². The molecule has 0 amide bonds. The molecule has 0 spiro atoms. The number of nitrogen functional groups attached to an aromatic ring is 1. The molecule has 0 atom stereocenters. The van der Waals surface area contributed by atoms with Crippen molar-refractivity contribution < 1.29 is 4.39 Å². The molecular formula is C10H7FN4. The van der Waals surface area contributed by atoms with Crippen molar-refractivity contribution in [1.82, 2.24) is 4.98 Å². The first-order chi connectivity index (χ1) is 7.26. The van der Waals surface area contributed by atoms with Gasteiger partial charge < -0.3 is 5.43 Å². The van der Waals surface area contributed by atoms with E-state index in [2.05, 4.69) is 10.4 Å². The van der Waals surface area contributed by atoms with E-state index < -0.39 is 5.82 Å². The number of nitriles is 1. The maximum Gasteiger partial charge on any atom is 0.124 e. The first kappa shape index (κ1) is 9.37. The molecule has 0 radical (unpaired) electrons. The Kier molecular flexibility index (Phi) is 2.20. The molecule has 0 saturated heterocycles. The number of benzene rings is 1. The van der Waals surface area contributed by atoms with Gasteiger partial charge in [0, 0.05) is 11.6 Å². The van der Waals surface area contributed by atoms with Gasteiger partial charge in [0.15, 0.2) is 0 Å². The maximum absolute atomic E-state index is 13.0. The molecule has 0 fully saturated rings. The molecule has 15 heavy (non-hydrogen) atoms. The Bertz CT molecular complexity index is 559. The fraction of sp³-hybridized carbons (Fsp3) is 0. The summed E-state index contributed by atoms with van der Waals surface area (Å²) in [6.07, 6.45) is 1.40. The molecule has 3 N–H and O–H groups in total. The van der Waals surface area contributed by atoms with E-state index in [4.69, 9.17) is 11.1 Å². The Morgan fingerprint density at radius 1 is 1.47 bits per heavy atom.